The quantitative estimate of drug-likeness (QED) is 0.478. The van der Waals surface area contributed by atoms with Crippen LogP contribution in [0.1, 0.15) is 22.6 Å². The molecule has 1 atom stereocenters. The van der Waals surface area contributed by atoms with E-state index in [1.807, 2.05) is 25.1 Å². The van der Waals surface area contributed by atoms with Crippen molar-refractivity contribution in [2.24, 2.45) is 5.73 Å². The van der Waals surface area contributed by atoms with Crippen LogP contribution >= 0.6 is 0 Å². The predicted octanol–water partition coefficient (Wildman–Crippen LogP) is 4.34. The second kappa shape index (κ2) is 8.82. The fraction of sp³-hybridized carbons (Fsp3) is 0.120. The Morgan fingerprint density at radius 3 is 2.69 bits per heavy atom. The van der Waals surface area contributed by atoms with Crippen molar-refractivity contribution < 1.29 is 23.4 Å². The molecule has 1 unspecified atom stereocenters. The molecule has 0 saturated heterocycles. The zero-order chi connectivity index (χ0) is 22.7. The molecule has 0 amide bonds. The zero-order valence-electron chi connectivity index (χ0n) is 17.2. The maximum absolute atomic E-state index is 13.8. The summed E-state index contributed by atoms with van der Waals surface area (Å²) in [5.41, 5.74) is 8.32. The second-order valence-corrected chi connectivity index (χ2v) is 7.26. The Bertz CT molecular complexity index is 1260. The van der Waals surface area contributed by atoms with E-state index in [1.165, 1.54) is 18.2 Å². The fourth-order valence-corrected chi connectivity index (χ4v) is 3.54. The highest BCUT2D eigenvalue weighted by Crippen LogP contribution is 2.43. The SMILES string of the molecule is Cc1cccc(OCC(=O)Oc2ccc3c(c2)OC(N)=C(C#N)C3c2cccc(F)c2)c1. The third-order valence-corrected chi connectivity index (χ3v) is 4.95. The topological polar surface area (TPSA) is 94.6 Å². The maximum Gasteiger partial charge on any atom is 0.349 e. The third-order valence-electron chi connectivity index (χ3n) is 4.95. The van der Waals surface area contributed by atoms with E-state index in [0.717, 1.165) is 5.56 Å². The molecule has 4 rings (SSSR count). The number of fused-ring (bicyclic) bond motifs is 1. The molecule has 0 aliphatic carbocycles. The van der Waals surface area contributed by atoms with E-state index in [0.29, 0.717) is 22.6 Å². The monoisotopic (exact) mass is 430 g/mol. The number of nitriles is 1. The summed E-state index contributed by atoms with van der Waals surface area (Å²) in [6.45, 7) is 1.65. The van der Waals surface area contributed by atoms with Crippen molar-refractivity contribution >= 4 is 5.97 Å². The molecule has 0 spiro atoms. The first-order valence-corrected chi connectivity index (χ1v) is 9.82. The molecule has 3 aromatic carbocycles. The number of rotatable bonds is 5. The van der Waals surface area contributed by atoms with Gasteiger partial charge in [-0.25, -0.2) is 9.18 Å². The van der Waals surface area contributed by atoms with Crippen molar-refractivity contribution in [3.05, 3.63) is 101 Å². The van der Waals surface area contributed by atoms with Crippen molar-refractivity contribution in [3.8, 4) is 23.3 Å². The van der Waals surface area contributed by atoms with Gasteiger partial charge in [-0.2, -0.15) is 5.26 Å². The van der Waals surface area contributed by atoms with Crippen LogP contribution in [0.4, 0.5) is 4.39 Å². The summed E-state index contributed by atoms with van der Waals surface area (Å²) in [7, 11) is 0. The maximum atomic E-state index is 13.8. The van der Waals surface area contributed by atoms with E-state index in [2.05, 4.69) is 6.07 Å². The highest BCUT2D eigenvalue weighted by atomic mass is 19.1. The Hall–Kier alpha value is -4.31. The molecule has 7 heteroatoms. The van der Waals surface area contributed by atoms with Crippen LogP contribution in [0.15, 0.2) is 78.2 Å². The van der Waals surface area contributed by atoms with E-state index in [1.54, 1.807) is 30.3 Å². The van der Waals surface area contributed by atoms with Gasteiger partial charge in [0, 0.05) is 11.6 Å². The first-order valence-electron chi connectivity index (χ1n) is 9.82. The van der Waals surface area contributed by atoms with Crippen LogP contribution in [0, 0.1) is 24.1 Å². The van der Waals surface area contributed by atoms with E-state index in [9.17, 15) is 14.4 Å². The summed E-state index contributed by atoms with van der Waals surface area (Å²) < 4.78 is 30.2. The predicted molar refractivity (Wildman–Crippen MR) is 114 cm³/mol. The average Bonchev–Trinajstić information content (AvgIpc) is 2.76. The van der Waals surface area contributed by atoms with Crippen molar-refractivity contribution in [2.45, 2.75) is 12.8 Å². The van der Waals surface area contributed by atoms with Gasteiger partial charge in [0.25, 0.3) is 0 Å². The summed E-state index contributed by atoms with van der Waals surface area (Å²) in [4.78, 5) is 12.2. The molecule has 160 valence electrons. The Morgan fingerprint density at radius 2 is 1.94 bits per heavy atom. The number of benzene rings is 3. The number of allylic oxidation sites excluding steroid dienone is 1. The van der Waals surface area contributed by atoms with Crippen LogP contribution in [0.5, 0.6) is 17.2 Å². The molecule has 6 nitrogen and oxygen atoms in total. The van der Waals surface area contributed by atoms with Gasteiger partial charge in [-0.3, -0.25) is 0 Å². The van der Waals surface area contributed by atoms with Crippen LogP contribution in [0.2, 0.25) is 0 Å². The number of aryl methyl sites for hydroxylation is 1. The number of esters is 1. The second-order valence-electron chi connectivity index (χ2n) is 7.26. The molecule has 0 saturated carbocycles. The summed E-state index contributed by atoms with van der Waals surface area (Å²) in [5.74, 6) is -0.589. The van der Waals surface area contributed by atoms with Gasteiger partial charge in [-0.15, -0.1) is 0 Å². The van der Waals surface area contributed by atoms with Gasteiger partial charge in [0.05, 0.1) is 5.92 Å². The smallest absolute Gasteiger partial charge is 0.349 e. The third kappa shape index (κ3) is 4.40. The lowest BCUT2D eigenvalue weighted by Gasteiger charge is -2.26. The molecule has 1 aliphatic rings. The first kappa shape index (κ1) is 20.9. The molecule has 32 heavy (non-hydrogen) atoms. The standard InChI is InChI=1S/C25H19FN2O4/c1-15-4-2-7-18(10-15)30-14-23(29)31-19-8-9-20-22(12-19)32-25(28)21(13-27)24(20)16-5-3-6-17(26)11-16/h2-12,24H,14,28H2,1H3. The minimum atomic E-state index is -0.603. The minimum absolute atomic E-state index is 0.0829. The van der Waals surface area contributed by atoms with Gasteiger partial charge < -0.3 is 19.9 Å². The Balaban J connectivity index is 1.55. The zero-order valence-corrected chi connectivity index (χ0v) is 17.2. The molecule has 3 aromatic rings. The molecular formula is C25H19FN2O4. The largest absolute Gasteiger partial charge is 0.482 e. The average molecular weight is 430 g/mol. The number of hydrogen-bond acceptors (Lipinski definition) is 6. The van der Waals surface area contributed by atoms with Gasteiger partial charge in [0.2, 0.25) is 5.88 Å². The van der Waals surface area contributed by atoms with Crippen LogP contribution in [0.25, 0.3) is 0 Å². The van der Waals surface area contributed by atoms with Gasteiger partial charge in [-0.1, -0.05) is 30.3 Å². The molecule has 1 heterocycles. The van der Waals surface area contributed by atoms with Gasteiger partial charge in [0.15, 0.2) is 6.61 Å². The van der Waals surface area contributed by atoms with Crippen LogP contribution in [-0.4, -0.2) is 12.6 Å². The molecule has 0 radical (unpaired) electrons. The summed E-state index contributed by atoms with van der Waals surface area (Å²) in [6, 6.07) is 20.1. The highest BCUT2D eigenvalue weighted by molar-refractivity contribution is 5.74. The van der Waals surface area contributed by atoms with Gasteiger partial charge in [-0.05, 0) is 48.4 Å². The lowest BCUT2D eigenvalue weighted by molar-refractivity contribution is -0.136. The van der Waals surface area contributed by atoms with Crippen LogP contribution in [-0.2, 0) is 4.79 Å². The summed E-state index contributed by atoms with van der Waals surface area (Å²) in [5, 5.41) is 9.59. The number of nitrogens with two attached hydrogens (primary N) is 1. The van der Waals surface area contributed by atoms with Crippen molar-refractivity contribution in [1.82, 2.24) is 0 Å². The van der Waals surface area contributed by atoms with Crippen LogP contribution in [0.3, 0.4) is 0 Å². The van der Waals surface area contributed by atoms with Crippen molar-refractivity contribution in [2.75, 3.05) is 6.61 Å². The molecule has 0 fully saturated rings. The highest BCUT2D eigenvalue weighted by Gasteiger charge is 2.31. The number of carbonyl (C=O) groups excluding carboxylic acids is 1. The Kier molecular flexibility index (Phi) is 5.77. The lowest BCUT2D eigenvalue weighted by Crippen LogP contribution is -2.21. The van der Waals surface area contributed by atoms with Gasteiger partial charge in [0.1, 0.15) is 34.7 Å². The molecule has 0 aromatic heterocycles. The Morgan fingerprint density at radius 1 is 1.12 bits per heavy atom. The Labute approximate surface area is 184 Å². The number of carbonyl (C=O) groups is 1. The number of hydrogen-bond donors (Lipinski definition) is 1. The number of halogens is 1. The van der Waals surface area contributed by atoms with Crippen molar-refractivity contribution in [1.29, 1.82) is 5.26 Å². The van der Waals surface area contributed by atoms with E-state index in [4.69, 9.17) is 19.9 Å². The first-order chi connectivity index (χ1) is 15.4. The molecule has 0 bridgehead atoms. The fourth-order valence-electron chi connectivity index (χ4n) is 3.54. The summed E-state index contributed by atoms with van der Waals surface area (Å²) in [6.07, 6.45) is 0. The summed E-state index contributed by atoms with van der Waals surface area (Å²) >= 11 is 0. The number of ether oxygens (including phenoxy) is 3. The van der Waals surface area contributed by atoms with Crippen molar-refractivity contribution in [3.63, 3.8) is 0 Å². The minimum Gasteiger partial charge on any atom is -0.482 e. The number of nitrogens with zero attached hydrogens (tertiary/aromatic N) is 1. The lowest BCUT2D eigenvalue weighted by atomic mass is 9.83. The van der Waals surface area contributed by atoms with Crippen LogP contribution < -0.4 is 19.9 Å². The molecular weight excluding hydrogens is 411 g/mol. The van der Waals surface area contributed by atoms with E-state index >= 15 is 0 Å². The van der Waals surface area contributed by atoms with E-state index in [-0.39, 0.29) is 23.8 Å². The molecule has 2 N–H and O–H groups in total. The molecule has 1 aliphatic heterocycles. The van der Waals surface area contributed by atoms with Gasteiger partial charge >= 0.3 is 5.97 Å². The normalized spacial score (nSPS) is 14.7. The van der Waals surface area contributed by atoms with E-state index < -0.39 is 17.7 Å².